The Morgan fingerprint density at radius 1 is 0.700 bits per heavy atom. The van der Waals surface area contributed by atoms with Crippen molar-refractivity contribution in [3.8, 4) is 0 Å². The maximum absolute atomic E-state index is 12.5. The molecule has 3 amide bonds. The zero-order valence-corrected chi connectivity index (χ0v) is 13.6. The maximum atomic E-state index is 12.5. The molecule has 0 spiro atoms. The summed E-state index contributed by atoms with van der Waals surface area (Å²) in [5, 5.41) is 7.06. The van der Waals surface area contributed by atoms with Gasteiger partial charge in [-0.05, 0) is 0 Å². The zero-order valence-electron chi connectivity index (χ0n) is 10.5. The molecule has 11 heteroatoms. The van der Waals surface area contributed by atoms with Gasteiger partial charge in [-0.3, -0.25) is 14.4 Å². The van der Waals surface area contributed by atoms with E-state index in [1.54, 1.807) is 0 Å². The van der Waals surface area contributed by atoms with Crippen LogP contribution in [0.4, 0.5) is 0 Å². The Kier molecular flexibility index (Phi) is 10.0. The lowest BCUT2D eigenvalue weighted by Crippen LogP contribution is -2.35. The summed E-state index contributed by atoms with van der Waals surface area (Å²) in [5.41, 5.74) is 0. The molecule has 0 aromatic rings. The largest absolute Gasteiger partial charge is 0.348 e. The van der Waals surface area contributed by atoms with Crippen LogP contribution in [-0.2, 0) is 18.9 Å². The van der Waals surface area contributed by atoms with Crippen LogP contribution >= 0.6 is 41.9 Å². The quantitative estimate of drug-likeness (QED) is 0.403. The minimum atomic E-state index is -3.09. The van der Waals surface area contributed by atoms with Crippen molar-refractivity contribution in [3.63, 3.8) is 0 Å². The Labute approximate surface area is 131 Å². The number of rotatable bonds is 9. The highest BCUT2D eigenvalue weighted by Crippen LogP contribution is 2.41. The molecule has 0 saturated carbocycles. The number of amides is 3. The molecule has 0 bridgehead atoms. The van der Waals surface area contributed by atoms with Crippen LogP contribution in [0.5, 0.6) is 0 Å². The summed E-state index contributed by atoms with van der Waals surface area (Å²) in [4.78, 5) is 33.2. The molecule has 0 aliphatic carbocycles. The monoisotopic (exact) mass is 365 g/mol. The van der Waals surface area contributed by atoms with Crippen LogP contribution in [0.3, 0.4) is 0 Å². The standard InChI is InChI=1S/C9H15Cl3N3O4P/c10-1-7(16)13-4-20(19,5-14-8(17)2-11)6-15-9(18)3-12/h1-6H2,(H,13,16)(H,14,17)(H,15,18). The molecule has 0 rings (SSSR count). The van der Waals surface area contributed by atoms with Crippen molar-refractivity contribution in [1.29, 1.82) is 0 Å². The normalized spacial score (nSPS) is 10.8. The number of carbonyl (C=O) groups is 3. The van der Waals surface area contributed by atoms with Crippen molar-refractivity contribution in [2.45, 2.75) is 0 Å². The predicted molar refractivity (Wildman–Crippen MR) is 78.8 cm³/mol. The van der Waals surface area contributed by atoms with Crippen molar-refractivity contribution in [1.82, 2.24) is 16.0 Å². The van der Waals surface area contributed by atoms with Crippen LogP contribution in [0.1, 0.15) is 0 Å². The SMILES string of the molecule is O=C(CCl)NCP(=O)(CNC(=O)CCl)CNC(=O)CCl. The topological polar surface area (TPSA) is 104 Å². The van der Waals surface area contributed by atoms with E-state index in [4.69, 9.17) is 34.8 Å². The van der Waals surface area contributed by atoms with Gasteiger partial charge >= 0.3 is 0 Å². The van der Waals surface area contributed by atoms with E-state index in [0.717, 1.165) is 0 Å². The Hall–Kier alpha value is -0.490. The van der Waals surface area contributed by atoms with Crippen molar-refractivity contribution in [2.75, 3.05) is 36.5 Å². The van der Waals surface area contributed by atoms with E-state index in [2.05, 4.69) is 16.0 Å². The minimum Gasteiger partial charge on any atom is -0.348 e. The molecule has 116 valence electrons. The number of nitrogens with one attached hydrogen (secondary N) is 3. The molecular formula is C9H15Cl3N3O4P. The molecule has 0 unspecified atom stereocenters. The second kappa shape index (κ2) is 10.3. The lowest BCUT2D eigenvalue weighted by atomic mass is 10.7. The summed E-state index contributed by atoms with van der Waals surface area (Å²) in [6.45, 7) is 0. The molecule has 0 aromatic heterocycles. The molecule has 0 fully saturated rings. The van der Waals surface area contributed by atoms with Crippen LogP contribution < -0.4 is 16.0 Å². The van der Waals surface area contributed by atoms with Gasteiger partial charge in [0.2, 0.25) is 17.7 Å². The fourth-order valence-corrected chi connectivity index (χ4v) is 3.02. The highest BCUT2D eigenvalue weighted by atomic mass is 35.5. The van der Waals surface area contributed by atoms with Gasteiger partial charge in [-0.2, -0.15) is 0 Å². The van der Waals surface area contributed by atoms with Gasteiger partial charge in [-0.15, -0.1) is 34.8 Å². The van der Waals surface area contributed by atoms with Crippen LogP contribution in [0.25, 0.3) is 0 Å². The van der Waals surface area contributed by atoms with E-state index in [1.165, 1.54) is 0 Å². The summed E-state index contributed by atoms with van der Waals surface area (Å²) in [7, 11) is -3.09. The molecular weight excluding hydrogens is 351 g/mol. The highest BCUT2D eigenvalue weighted by Gasteiger charge is 2.24. The molecule has 0 aliphatic heterocycles. The predicted octanol–water partition coefficient (Wildman–Crippen LogP) is 0.287. The van der Waals surface area contributed by atoms with E-state index < -0.39 is 24.9 Å². The maximum Gasteiger partial charge on any atom is 0.235 e. The Bertz CT molecular complexity index is 351. The Balaban J connectivity index is 4.56. The number of hydrogen-bond donors (Lipinski definition) is 3. The van der Waals surface area contributed by atoms with Gasteiger partial charge in [0.05, 0.1) is 18.9 Å². The minimum absolute atomic E-state index is 0.205. The molecule has 0 aromatic carbocycles. The second-order valence-electron chi connectivity index (χ2n) is 3.73. The van der Waals surface area contributed by atoms with E-state index in [0.29, 0.717) is 0 Å². The number of hydrogen-bond acceptors (Lipinski definition) is 4. The summed E-state index contributed by atoms with van der Waals surface area (Å²) in [6, 6.07) is 0. The molecule has 0 saturated heterocycles. The Morgan fingerprint density at radius 3 is 1.15 bits per heavy atom. The first kappa shape index (κ1) is 19.5. The number of alkyl halides is 3. The molecule has 7 nitrogen and oxygen atoms in total. The number of halogens is 3. The molecule has 0 heterocycles. The molecule has 3 N–H and O–H groups in total. The van der Waals surface area contributed by atoms with Crippen LogP contribution in [-0.4, -0.2) is 54.2 Å². The van der Waals surface area contributed by atoms with Gasteiger partial charge in [-0.25, -0.2) is 0 Å². The summed E-state index contributed by atoms with van der Waals surface area (Å²) in [6.07, 6.45) is -0.614. The summed E-state index contributed by atoms with van der Waals surface area (Å²) in [5.74, 6) is -2.33. The average Bonchev–Trinajstić information content (AvgIpc) is 2.47. The molecule has 0 atom stereocenters. The fraction of sp³-hybridized carbons (Fsp3) is 0.667. The van der Waals surface area contributed by atoms with Gasteiger partial charge < -0.3 is 20.5 Å². The van der Waals surface area contributed by atoms with Crippen LogP contribution in [0.15, 0.2) is 0 Å². The third-order valence-electron chi connectivity index (χ3n) is 2.06. The molecule has 0 radical (unpaired) electrons. The highest BCUT2D eigenvalue weighted by molar-refractivity contribution is 7.63. The summed E-state index contributed by atoms with van der Waals surface area (Å²) < 4.78 is 12.5. The Morgan fingerprint density at radius 2 is 0.950 bits per heavy atom. The number of carbonyl (C=O) groups excluding carboxylic acids is 3. The van der Waals surface area contributed by atoms with Crippen molar-refractivity contribution >= 4 is 59.7 Å². The lowest BCUT2D eigenvalue weighted by Gasteiger charge is -2.19. The first-order valence-corrected chi connectivity index (χ1v) is 9.28. The zero-order chi connectivity index (χ0) is 15.6. The molecule has 20 heavy (non-hydrogen) atoms. The second-order valence-corrected chi connectivity index (χ2v) is 7.60. The van der Waals surface area contributed by atoms with Crippen LogP contribution in [0.2, 0.25) is 0 Å². The van der Waals surface area contributed by atoms with Gasteiger partial charge in [0.15, 0.2) is 0 Å². The van der Waals surface area contributed by atoms with Crippen molar-refractivity contribution < 1.29 is 18.9 Å². The van der Waals surface area contributed by atoms with E-state index >= 15 is 0 Å². The molecule has 0 aliphatic rings. The first-order valence-electron chi connectivity index (χ1n) is 5.42. The summed E-state index contributed by atoms with van der Waals surface area (Å²) >= 11 is 15.9. The van der Waals surface area contributed by atoms with Crippen molar-refractivity contribution in [3.05, 3.63) is 0 Å². The van der Waals surface area contributed by atoms with Crippen molar-refractivity contribution in [2.24, 2.45) is 0 Å². The fourth-order valence-electron chi connectivity index (χ4n) is 1.01. The third-order valence-corrected chi connectivity index (χ3v) is 4.99. The van der Waals surface area contributed by atoms with Crippen LogP contribution in [0, 0.1) is 0 Å². The van der Waals surface area contributed by atoms with Gasteiger partial charge in [-0.1, -0.05) is 0 Å². The van der Waals surface area contributed by atoms with Gasteiger partial charge in [0.1, 0.15) is 24.8 Å². The first-order chi connectivity index (χ1) is 9.36. The van der Waals surface area contributed by atoms with E-state index in [-0.39, 0.29) is 36.5 Å². The third kappa shape index (κ3) is 8.64. The smallest absolute Gasteiger partial charge is 0.235 e. The van der Waals surface area contributed by atoms with Gasteiger partial charge in [0, 0.05) is 0 Å². The lowest BCUT2D eigenvalue weighted by molar-refractivity contribution is -0.119. The average molecular weight is 367 g/mol. The van der Waals surface area contributed by atoms with E-state index in [9.17, 15) is 18.9 Å². The van der Waals surface area contributed by atoms with Gasteiger partial charge in [0.25, 0.3) is 0 Å². The van der Waals surface area contributed by atoms with E-state index in [1.807, 2.05) is 0 Å².